The van der Waals surface area contributed by atoms with Crippen LogP contribution < -0.4 is 4.74 Å². The summed E-state index contributed by atoms with van der Waals surface area (Å²) < 4.78 is 5.92. The van der Waals surface area contributed by atoms with Crippen molar-refractivity contribution in [2.24, 2.45) is 0 Å². The van der Waals surface area contributed by atoms with E-state index in [0.717, 1.165) is 23.7 Å². The van der Waals surface area contributed by atoms with Crippen molar-refractivity contribution in [3.8, 4) is 5.88 Å². The van der Waals surface area contributed by atoms with Gasteiger partial charge < -0.3 is 14.6 Å². The largest absolute Gasteiger partial charge is 0.474 e. The molecule has 0 aliphatic carbocycles. The number of likely N-dealkylation sites (tertiary alicyclic amines) is 1. The summed E-state index contributed by atoms with van der Waals surface area (Å²) in [7, 11) is 0. The number of aryl methyl sites for hydroxylation is 1. The van der Waals surface area contributed by atoms with Gasteiger partial charge in [-0.15, -0.1) is 0 Å². The van der Waals surface area contributed by atoms with Crippen molar-refractivity contribution < 1.29 is 9.53 Å². The van der Waals surface area contributed by atoms with Crippen LogP contribution in [0.5, 0.6) is 5.88 Å². The van der Waals surface area contributed by atoms with Gasteiger partial charge >= 0.3 is 0 Å². The molecule has 1 N–H and O–H groups in total. The van der Waals surface area contributed by atoms with Gasteiger partial charge in [0, 0.05) is 49.1 Å². The predicted octanol–water partition coefficient (Wildman–Crippen LogP) is 2.95. The number of hydrogen-bond acceptors (Lipinski definition) is 4. The predicted molar refractivity (Wildman–Crippen MR) is 94.6 cm³/mol. The fourth-order valence-corrected chi connectivity index (χ4v) is 3.21. The summed E-state index contributed by atoms with van der Waals surface area (Å²) in [5, 5.41) is 1.06. The molecule has 3 heterocycles. The minimum atomic E-state index is 0.0486. The lowest BCUT2D eigenvalue weighted by Gasteiger charge is -2.31. The van der Waals surface area contributed by atoms with Gasteiger partial charge in [-0.2, -0.15) is 4.98 Å². The first-order valence-electron chi connectivity index (χ1n) is 8.52. The Balaban J connectivity index is 1.38. The second-order valence-corrected chi connectivity index (χ2v) is 6.32. The lowest BCUT2D eigenvalue weighted by molar-refractivity contribution is 0.0583. The highest BCUT2D eigenvalue weighted by Gasteiger charge is 2.25. The summed E-state index contributed by atoms with van der Waals surface area (Å²) in [4.78, 5) is 26.2. The maximum Gasteiger partial charge on any atom is 0.270 e. The number of fused-ring (bicyclic) bond motifs is 1. The van der Waals surface area contributed by atoms with Gasteiger partial charge in [0.2, 0.25) is 5.88 Å². The minimum absolute atomic E-state index is 0.0486. The molecule has 4 rings (SSSR count). The second kappa shape index (κ2) is 6.55. The van der Waals surface area contributed by atoms with Crippen LogP contribution in [-0.2, 0) is 0 Å². The number of para-hydroxylation sites is 1. The van der Waals surface area contributed by atoms with E-state index in [-0.39, 0.29) is 12.0 Å². The van der Waals surface area contributed by atoms with Crippen molar-refractivity contribution in [2.45, 2.75) is 25.9 Å². The van der Waals surface area contributed by atoms with Crippen LogP contribution in [0.2, 0.25) is 0 Å². The van der Waals surface area contributed by atoms with E-state index in [4.69, 9.17) is 4.74 Å². The van der Waals surface area contributed by atoms with Gasteiger partial charge in [0.05, 0.1) is 0 Å². The zero-order valence-corrected chi connectivity index (χ0v) is 14.1. The molecule has 0 atom stereocenters. The van der Waals surface area contributed by atoms with E-state index in [1.807, 2.05) is 42.2 Å². The van der Waals surface area contributed by atoms with E-state index in [0.29, 0.717) is 30.5 Å². The van der Waals surface area contributed by atoms with Gasteiger partial charge in [-0.3, -0.25) is 4.79 Å². The third-order valence-corrected chi connectivity index (χ3v) is 4.53. The van der Waals surface area contributed by atoms with E-state index in [1.165, 1.54) is 0 Å². The highest BCUT2D eigenvalue weighted by molar-refractivity contribution is 5.98. The van der Waals surface area contributed by atoms with Crippen LogP contribution in [0.4, 0.5) is 0 Å². The quantitative estimate of drug-likeness (QED) is 0.798. The van der Waals surface area contributed by atoms with Crippen molar-refractivity contribution in [3.63, 3.8) is 0 Å². The molecule has 0 spiro atoms. The standard InChI is InChI=1S/C19H20N4O2/c1-13-20-9-6-18(21-13)25-15-7-10-23(11-8-15)19(24)17-12-14-4-2-3-5-16(14)22-17/h2-6,9,12,15,22H,7-8,10-11H2,1H3. The Labute approximate surface area is 145 Å². The topological polar surface area (TPSA) is 71.1 Å². The maximum absolute atomic E-state index is 12.7. The zero-order valence-electron chi connectivity index (χ0n) is 14.1. The third-order valence-electron chi connectivity index (χ3n) is 4.53. The van der Waals surface area contributed by atoms with Crippen LogP contribution in [-0.4, -0.2) is 45.0 Å². The summed E-state index contributed by atoms with van der Waals surface area (Å²) in [5.74, 6) is 1.35. The first-order chi connectivity index (χ1) is 12.2. The highest BCUT2D eigenvalue weighted by atomic mass is 16.5. The average Bonchev–Trinajstić information content (AvgIpc) is 3.06. The summed E-state index contributed by atoms with van der Waals surface area (Å²) in [6, 6.07) is 11.6. The van der Waals surface area contributed by atoms with E-state index in [2.05, 4.69) is 15.0 Å². The number of aromatic amines is 1. The number of carbonyl (C=O) groups is 1. The summed E-state index contributed by atoms with van der Waals surface area (Å²) in [5.41, 5.74) is 1.63. The van der Waals surface area contributed by atoms with Gasteiger partial charge in [0.25, 0.3) is 5.91 Å². The third kappa shape index (κ3) is 3.33. The molecule has 128 valence electrons. The van der Waals surface area contributed by atoms with Crippen molar-refractivity contribution in [1.29, 1.82) is 0 Å². The lowest BCUT2D eigenvalue weighted by Crippen LogP contribution is -2.42. The molecule has 1 aliphatic rings. The first kappa shape index (κ1) is 15.6. The minimum Gasteiger partial charge on any atom is -0.474 e. The number of piperidine rings is 1. The van der Waals surface area contributed by atoms with Gasteiger partial charge in [-0.25, -0.2) is 4.98 Å². The summed E-state index contributed by atoms with van der Waals surface area (Å²) in [6.07, 6.45) is 3.39. The number of H-pyrrole nitrogens is 1. The van der Waals surface area contributed by atoms with Crippen LogP contribution in [0.1, 0.15) is 29.2 Å². The van der Waals surface area contributed by atoms with Gasteiger partial charge in [-0.05, 0) is 19.1 Å². The number of rotatable bonds is 3. The molecule has 1 fully saturated rings. The molecule has 0 unspecified atom stereocenters. The Hall–Kier alpha value is -2.89. The number of aromatic nitrogens is 3. The van der Waals surface area contributed by atoms with E-state index < -0.39 is 0 Å². The van der Waals surface area contributed by atoms with E-state index in [9.17, 15) is 4.79 Å². The number of benzene rings is 1. The summed E-state index contributed by atoms with van der Waals surface area (Å²) in [6.45, 7) is 3.21. The molecular formula is C19H20N4O2. The molecule has 1 amide bonds. The lowest BCUT2D eigenvalue weighted by atomic mass is 10.1. The Morgan fingerprint density at radius 3 is 2.80 bits per heavy atom. The van der Waals surface area contributed by atoms with Crippen molar-refractivity contribution >= 4 is 16.8 Å². The SMILES string of the molecule is Cc1nccc(OC2CCN(C(=O)c3cc4ccccc4[nH]3)CC2)n1. The number of carbonyl (C=O) groups excluding carboxylic acids is 1. The molecule has 0 bridgehead atoms. The molecular weight excluding hydrogens is 316 g/mol. The van der Waals surface area contributed by atoms with Crippen LogP contribution in [0.15, 0.2) is 42.6 Å². The monoisotopic (exact) mass is 336 g/mol. The number of ether oxygens (including phenoxy) is 1. The molecule has 3 aromatic rings. The van der Waals surface area contributed by atoms with Crippen molar-refractivity contribution in [1.82, 2.24) is 19.9 Å². The van der Waals surface area contributed by atoms with Crippen molar-refractivity contribution in [3.05, 3.63) is 54.1 Å². The number of hydrogen-bond donors (Lipinski definition) is 1. The van der Waals surface area contributed by atoms with Crippen LogP contribution in [0.3, 0.4) is 0 Å². The van der Waals surface area contributed by atoms with E-state index >= 15 is 0 Å². The Kier molecular flexibility index (Phi) is 4.09. The Bertz CT molecular complexity index is 864. The highest BCUT2D eigenvalue weighted by Crippen LogP contribution is 2.20. The molecule has 0 saturated carbocycles. The summed E-state index contributed by atoms with van der Waals surface area (Å²) >= 11 is 0. The number of nitrogens with zero attached hydrogens (tertiary/aromatic N) is 3. The zero-order chi connectivity index (χ0) is 17.2. The number of amides is 1. The van der Waals surface area contributed by atoms with Crippen LogP contribution in [0.25, 0.3) is 10.9 Å². The molecule has 0 radical (unpaired) electrons. The molecule has 1 aliphatic heterocycles. The van der Waals surface area contributed by atoms with Gasteiger partial charge in [-0.1, -0.05) is 18.2 Å². The molecule has 1 aromatic carbocycles. The van der Waals surface area contributed by atoms with Gasteiger partial charge in [0.15, 0.2) is 0 Å². The average molecular weight is 336 g/mol. The van der Waals surface area contributed by atoms with Crippen LogP contribution >= 0.6 is 0 Å². The molecule has 2 aromatic heterocycles. The fourth-order valence-electron chi connectivity index (χ4n) is 3.21. The van der Waals surface area contributed by atoms with E-state index in [1.54, 1.807) is 12.3 Å². The first-order valence-corrected chi connectivity index (χ1v) is 8.52. The Morgan fingerprint density at radius 1 is 1.24 bits per heavy atom. The molecule has 6 nitrogen and oxygen atoms in total. The second-order valence-electron chi connectivity index (χ2n) is 6.32. The van der Waals surface area contributed by atoms with Crippen LogP contribution in [0, 0.1) is 6.92 Å². The molecule has 25 heavy (non-hydrogen) atoms. The van der Waals surface area contributed by atoms with Crippen molar-refractivity contribution in [2.75, 3.05) is 13.1 Å². The van der Waals surface area contributed by atoms with Gasteiger partial charge in [0.1, 0.15) is 17.6 Å². The Morgan fingerprint density at radius 2 is 2.04 bits per heavy atom. The smallest absolute Gasteiger partial charge is 0.270 e. The molecule has 6 heteroatoms. The molecule has 1 saturated heterocycles. The normalized spacial score (nSPS) is 15.5. The fraction of sp³-hybridized carbons (Fsp3) is 0.316. The number of nitrogens with one attached hydrogen (secondary N) is 1. The maximum atomic E-state index is 12.7.